The number of ether oxygens (including phenoxy) is 1. The van der Waals surface area contributed by atoms with Crippen LogP contribution >= 0.6 is 0 Å². The topological polar surface area (TPSA) is 61.9 Å². The van der Waals surface area contributed by atoms with Crippen LogP contribution in [0.4, 0.5) is 32.0 Å². The molecule has 0 unspecified atom stereocenters. The predicted molar refractivity (Wildman–Crippen MR) is 131 cm³/mol. The molecular weight excluding hydrogens is 528 g/mol. The van der Waals surface area contributed by atoms with Crippen molar-refractivity contribution in [2.45, 2.75) is 44.1 Å². The lowest BCUT2D eigenvalue weighted by molar-refractivity contribution is -0.143. The Bertz CT molecular complexity index is 1130. The summed E-state index contributed by atoms with van der Waals surface area (Å²) in [6, 6.07) is 8.15. The number of halogens is 6. The molecule has 2 aromatic rings. The standard InChI is InChI=1S/C27H29F6N3O3/c1-39-23-4-2-21(3-5-23)34-24(37)17-6-10-35(11-7-17)22-8-12-36(13-9-22)25(38)18-14-19(26(28,29)30)16-20(15-18)27(31,32)33/h2-5,14-17,22H,6-13H2,1H3,(H,34,37). The molecule has 6 nitrogen and oxygen atoms in total. The Morgan fingerprint density at radius 3 is 1.85 bits per heavy atom. The van der Waals surface area contributed by atoms with Crippen molar-refractivity contribution < 1.29 is 40.7 Å². The Labute approximate surface area is 221 Å². The number of anilines is 1. The summed E-state index contributed by atoms with van der Waals surface area (Å²) in [5.41, 5.74) is -2.95. The molecule has 4 rings (SSSR count). The van der Waals surface area contributed by atoms with E-state index in [2.05, 4.69) is 10.2 Å². The van der Waals surface area contributed by atoms with E-state index in [4.69, 9.17) is 4.74 Å². The minimum atomic E-state index is -5.01. The molecule has 0 bridgehead atoms. The fraction of sp³-hybridized carbons (Fsp3) is 0.481. The summed E-state index contributed by atoms with van der Waals surface area (Å²) in [7, 11) is 1.56. The van der Waals surface area contributed by atoms with Crippen molar-refractivity contribution in [3.05, 3.63) is 59.2 Å². The van der Waals surface area contributed by atoms with E-state index in [0.29, 0.717) is 62.3 Å². The largest absolute Gasteiger partial charge is 0.497 e. The van der Waals surface area contributed by atoms with Gasteiger partial charge in [0.25, 0.3) is 5.91 Å². The minimum absolute atomic E-state index is 0.0178. The number of hydrogen-bond acceptors (Lipinski definition) is 4. The number of methoxy groups -OCH3 is 1. The first-order chi connectivity index (χ1) is 18.3. The molecule has 0 radical (unpaired) electrons. The first-order valence-corrected chi connectivity index (χ1v) is 12.6. The zero-order valence-corrected chi connectivity index (χ0v) is 21.2. The summed E-state index contributed by atoms with van der Waals surface area (Å²) in [6.45, 7) is 1.81. The number of carbonyl (C=O) groups excluding carboxylic acids is 2. The van der Waals surface area contributed by atoms with Crippen molar-refractivity contribution in [1.29, 1.82) is 0 Å². The molecule has 0 saturated carbocycles. The Morgan fingerprint density at radius 2 is 1.36 bits per heavy atom. The highest BCUT2D eigenvalue weighted by Gasteiger charge is 2.38. The number of nitrogens with zero attached hydrogens (tertiary/aromatic N) is 2. The Hall–Kier alpha value is -3.28. The highest BCUT2D eigenvalue weighted by Crippen LogP contribution is 2.37. The van der Waals surface area contributed by atoms with Gasteiger partial charge in [-0.3, -0.25) is 9.59 Å². The minimum Gasteiger partial charge on any atom is -0.497 e. The van der Waals surface area contributed by atoms with Gasteiger partial charge >= 0.3 is 12.4 Å². The lowest BCUT2D eigenvalue weighted by atomic mass is 9.92. The van der Waals surface area contributed by atoms with Gasteiger partial charge in [0, 0.05) is 36.3 Å². The van der Waals surface area contributed by atoms with E-state index in [9.17, 15) is 35.9 Å². The van der Waals surface area contributed by atoms with Crippen LogP contribution in [0.15, 0.2) is 42.5 Å². The molecule has 0 spiro atoms. The van der Waals surface area contributed by atoms with Crippen molar-refractivity contribution >= 4 is 17.5 Å². The van der Waals surface area contributed by atoms with Crippen LogP contribution in [-0.4, -0.2) is 60.9 Å². The molecule has 0 atom stereocenters. The summed E-state index contributed by atoms with van der Waals surface area (Å²) in [5.74, 6) is -0.359. The average molecular weight is 558 g/mol. The molecule has 0 aromatic heterocycles. The number of benzene rings is 2. The monoisotopic (exact) mass is 557 g/mol. The second-order valence-electron chi connectivity index (χ2n) is 9.85. The number of piperidine rings is 2. The predicted octanol–water partition coefficient (Wildman–Crippen LogP) is 5.69. The van der Waals surface area contributed by atoms with Crippen LogP contribution in [0.2, 0.25) is 0 Å². The van der Waals surface area contributed by atoms with Crippen molar-refractivity contribution in [2.24, 2.45) is 5.92 Å². The summed E-state index contributed by atoms with van der Waals surface area (Å²) in [6.07, 6.45) is -7.63. The Balaban J connectivity index is 1.30. The molecule has 2 fully saturated rings. The maximum atomic E-state index is 13.2. The Morgan fingerprint density at radius 1 is 0.821 bits per heavy atom. The van der Waals surface area contributed by atoms with Crippen LogP contribution in [-0.2, 0) is 17.1 Å². The zero-order valence-electron chi connectivity index (χ0n) is 21.2. The van der Waals surface area contributed by atoms with Gasteiger partial charge in [-0.1, -0.05) is 0 Å². The van der Waals surface area contributed by atoms with Gasteiger partial charge < -0.3 is 19.9 Å². The van der Waals surface area contributed by atoms with Gasteiger partial charge in [0.2, 0.25) is 5.91 Å². The van der Waals surface area contributed by atoms with E-state index in [-0.39, 0.29) is 37.0 Å². The van der Waals surface area contributed by atoms with Crippen molar-refractivity contribution in [3.63, 3.8) is 0 Å². The first-order valence-electron chi connectivity index (χ1n) is 12.6. The lowest BCUT2D eigenvalue weighted by Gasteiger charge is -2.41. The van der Waals surface area contributed by atoms with Gasteiger partial charge in [-0.15, -0.1) is 0 Å². The zero-order chi connectivity index (χ0) is 28.4. The molecule has 2 amide bonds. The highest BCUT2D eigenvalue weighted by atomic mass is 19.4. The summed E-state index contributed by atoms with van der Waals surface area (Å²) in [4.78, 5) is 29.1. The maximum absolute atomic E-state index is 13.2. The summed E-state index contributed by atoms with van der Waals surface area (Å²) >= 11 is 0. The maximum Gasteiger partial charge on any atom is 0.416 e. The SMILES string of the molecule is COc1ccc(NC(=O)C2CCN(C3CCN(C(=O)c4cc(C(F)(F)F)cc(C(F)(F)F)c4)CC3)CC2)cc1. The molecule has 2 aromatic carbocycles. The lowest BCUT2D eigenvalue weighted by Crippen LogP contribution is -2.49. The first kappa shape index (κ1) is 28.7. The van der Waals surface area contributed by atoms with Crippen LogP contribution in [0.5, 0.6) is 5.75 Å². The fourth-order valence-electron chi connectivity index (χ4n) is 5.14. The van der Waals surface area contributed by atoms with Gasteiger partial charge in [-0.2, -0.15) is 26.3 Å². The molecule has 12 heteroatoms. The third-order valence-corrected chi connectivity index (χ3v) is 7.36. The summed E-state index contributed by atoms with van der Waals surface area (Å²) in [5, 5.41) is 2.92. The van der Waals surface area contributed by atoms with Gasteiger partial charge in [0.15, 0.2) is 0 Å². The average Bonchev–Trinajstić information content (AvgIpc) is 2.92. The number of nitrogens with one attached hydrogen (secondary N) is 1. The quantitative estimate of drug-likeness (QED) is 0.480. The molecule has 1 N–H and O–H groups in total. The van der Waals surface area contributed by atoms with Crippen LogP contribution in [0.1, 0.15) is 47.2 Å². The normalized spacial score (nSPS) is 18.2. The van der Waals surface area contributed by atoms with Gasteiger partial charge in [-0.25, -0.2) is 0 Å². The number of hydrogen-bond donors (Lipinski definition) is 1. The second-order valence-corrected chi connectivity index (χ2v) is 9.85. The van der Waals surface area contributed by atoms with Crippen molar-refractivity contribution in [2.75, 3.05) is 38.6 Å². The van der Waals surface area contributed by atoms with Crippen molar-refractivity contribution in [3.8, 4) is 5.75 Å². The molecule has 39 heavy (non-hydrogen) atoms. The van der Waals surface area contributed by atoms with E-state index in [1.165, 1.54) is 4.90 Å². The molecule has 2 heterocycles. The third-order valence-electron chi connectivity index (χ3n) is 7.36. The van der Waals surface area contributed by atoms with Crippen LogP contribution in [0, 0.1) is 5.92 Å². The number of rotatable bonds is 5. The van der Waals surface area contributed by atoms with Gasteiger partial charge in [0.1, 0.15) is 5.75 Å². The number of likely N-dealkylation sites (tertiary alicyclic amines) is 2. The number of alkyl halides is 6. The molecule has 2 aliphatic rings. The summed E-state index contributed by atoms with van der Waals surface area (Å²) < 4.78 is 84.2. The van der Waals surface area contributed by atoms with Crippen LogP contribution < -0.4 is 10.1 Å². The Kier molecular flexibility index (Phi) is 8.43. The molecule has 0 aliphatic carbocycles. The van der Waals surface area contributed by atoms with Gasteiger partial charge in [-0.05, 0) is 81.2 Å². The molecule has 2 saturated heterocycles. The fourth-order valence-corrected chi connectivity index (χ4v) is 5.14. The number of amides is 2. The van der Waals surface area contributed by atoms with Crippen LogP contribution in [0.25, 0.3) is 0 Å². The molecular formula is C27H29F6N3O3. The van der Waals surface area contributed by atoms with E-state index >= 15 is 0 Å². The third kappa shape index (κ3) is 7.03. The number of carbonyl (C=O) groups is 2. The second kappa shape index (κ2) is 11.4. The molecule has 212 valence electrons. The molecule has 2 aliphatic heterocycles. The van der Waals surface area contributed by atoms with Crippen molar-refractivity contribution in [1.82, 2.24) is 9.80 Å². The smallest absolute Gasteiger partial charge is 0.416 e. The van der Waals surface area contributed by atoms with E-state index < -0.39 is 35.0 Å². The van der Waals surface area contributed by atoms with E-state index in [1.807, 2.05) is 0 Å². The van der Waals surface area contributed by atoms with Crippen LogP contribution in [0.3, 0.4) is 0 Å². The highest BCUT2D eigenvalue weighted by molar-refractivity contribution is 5.95. The van der Waals surface area contributed by atoms with E-state index in [1.54, 1.807) is 31.4 Å². The van der Waals surface area contributed by atoms with Gasteiger partial charge in [0.05, 0.1) is 18.2 Å². The van der Waals surface area contributed by atoms with E-state index in [0.717, 1.165) is 0 Å².